The van der Waals surface area contributed by atoms with Gasteiger partial charge >= 0.3 is 0 Å². The van der Waals surface area contributed by atoms with Crippen LogP contribution in [0.15, 0.2) is 12.1 Å². The first-order chi connectivity index (χ1) is 5.25. The number of aromatic nitrogens is 3. The van der Waals surface area contributed by atoms with Crippen LogP contribution in [-0.4, -0.2) is 15.0 Å². The monoisotopic (exact) mass is 167 g/mol. The number of hydrogen-bond donors (Lipinski definition) is 1. The van der Waals surface area contributed by atoms with Crippen molar-refractivity contribution < 1.29 is 0 Å². The second-order valence-electron chi connectivity index (χ2n) is 2.35. The predicted molar refractivity (Wildman–Crippen MR) is 43.6 cm³/mol. The number of nitrogens with one attached hydrogen (secondary N) is 1. The molecule has 2 aromatic heterocycles. The number of pyridine rings is 1. The van der Waals surface area contributed by atoms with E-state index in [1.807, 2.05) is 19.1 Å². The number of aryl methyl sites for hydroxylation is 1. The number of H-pyrrole nitrogens is 1. The largest absolute Gasteiger partial charge is 0.327 e. The fraction of sp³-hybridized carbons (Fsp3) is 0.143. The molecule has 0 unspecified atom stereocenters. The van der Waals surface area contributed by atoms with Crippen LogP contribution in [-0.2, 0) is 0 Å². The molecule has 0 saturated carbocycles. The zero-order valence-electron chi connectivity index (χ0n) is 5.93. The van der Waals surface area contributed by atoms with Crippen LogP contribution in [0.25, 0.3) is 11.2 Å². The first-order valence-corrected chi connectivity index (χ1v) is 3.62. The van der Waals surface area contributed by atoms with Gasteiger partial charge in [-0.2, -0.15) is 4.98 Å². The van der Waals surface area contributed by atoms with Gasteiger partial charge in [0.2, 0.25) is 5.28 Å². The summed E-state index contributed by atoms with van der Waals surface area (Å²) in [7, 11) is 0. The van der Waals surface area contributed by atoms with E-state index in [0.717, 1.165) is 11.2 Å². The molecule has 0 atom stereocenters. The van der Waals surface area contributed by atoms with Gasteiger partial charge in [0.15, 0.2) is 5.65 Å². The van der Waals surface area contributed by atoms with Crippen LogP contribution in [0.3, 0.4) is 0 Å². The third-order valence-electron chi connectivity index (χ3n) is 1.46. The van der Waals surface area contributed by atoms with Gasteiger partial charge in [0.05, 0.1) is 5.52 Å². The smallest absolute Gasteiger partial charge is 0.202 e. The highest BCUT2D eigenvalue weighted by Crippen LogP contribution is 2.11. The van der Waals surface area contributed by atoms with Crippen LogP contribution >= 0.6 is 11.6 Å². The molecule has 0 aliphatic heterocycles. The Labute approximate surface area is 68.4 Å². The molecule has 1 N–H and O–H groups in total. The maximum absolute atomic E-state index is 5.63. The van der Waals surface area contributed by atoms with Gasteiger partial charge in [-0.1, -0.05) is 0 Å². The first-order valence-electron chi connectivity index (χ1n) is 3.24. The number of nitrogens with zero attached hydrogens (tertiary/aromatic N) is 2. The highest BCUT2D eigenvalue weighted by Gasteiger charge is 1.99. The fourth-order valence-electron chi connectivity index (χ4n) is 0.958. The van der Waals surface area contributed by atoms with Crippen molar-refractivity contribution in [3.05, 3.63) is 23.1 Å². The molecule has 4 heteroatoms. The van der Waals surface area contributed by atoms with E-state index in [-0.39, 0.29) is 0 Å². The van der Waals surface area contributed by atoms with E-state index in [4.69, 9.17) is 11.6 Å². The lowest BCUT2D eigenvalue weighted by molar-refractivity contribution is 1.22. The van der Waals surface area contributed by atoms with Gasteiger partial charge in [-0.25, -0.2) is 4.98 Å². The number of aromatic amines is 1. The maximum atomic E-state index is 5.63. The lowest BCUT2D eigenvalue weighted by Gasteiger charge is -1.88. The molecule has 0 fully saturated rings. The van der Waals surface area contributed by atoms with Crippen LogP contribution in [0.5, 0.6) is 0 Å². The summed E-state index contributed by atoms with van der Waals surface area (Å²) in [6.45, 7) is 1.92. The van der Waals surface area contributed by atoms with E-state index in [1.54, 1.807) is 0 Å². The normalized spacial score (nSPS) is 10.7. The Morgan fingerprint density at radius 3 is 3.00 bits per heavy atom. The Hall–Kier alpha value is -1.09. The lowest BCUT2D eigenvalue weighted by atomic mass is 10.4. The molecule has 0 aliphatic rings. The summed E-state index contributed by atoms with van der Waals surface area (Å²) in [5.41, 5.74) is 2.50. The molecule has 2 heterocycles. The summed E-state index contributed by atoms with van der Waals surface area (Å²) in [5, 5.41) is 0.387. The summed E-state index contributed by atoms with van der Waals surface area (Å²) in [6, 6.07) is 3.83. The van der Waals surface area contributed by atoms with Gasteiger partial charge in [0.1, 0.15) is 0 Å². The van der Waals surface area contributed by atoms with Crippen LogP contribution in [0.4, 0.5) is 0 Å². The summed E-state index contributed by atoms with van der Waals surface area (Å²) in [6.07, 6.45) is 0. The summed E-state index contributed by atoms with van der Waals surface area (Å²) < 4.78 is 0. The Kier molecular flexibility index (Phi) is 1.32. The van der Waals surface area contributed by atoms with Gasteiger partial charge < -0.3 is 4.98 Å². The third kappa shape index (κ3) is 1.07. The second kappa shape index (κ2) is 2.20. The zero-order chi connectivity index (χ0) is 7.84. The highest BCUT2D eigenvalue weighted by molar-refractivity contribution is 6.28. The van der Waals surface area contributed by atoms with Crippen molar-refractivity contribution in [2.24, 2.45) is 0 Å². The second-order valence-corrected chi connectivity index (χ2v) is 2.71. The Morgan fingerprint density at radius 1 is 1.36 bits per heavy atom. The Balaban J connectivity index is 2.82. The molecule has 0 bridgehead atoms. The predicted octanol–water partition coefficient (Wildman–Crippen LogP) is 1.92. The SMILES string of the molecule is Cc1ccc2[nH]c(Cl)nc2n1. The van der Waals surface area contributed by atoms with E-state index in [9.17, 15) is 0 Å². The highest BCUT2D eigenvalue weighted by atomic mass is 35.5. The lowest BCUT2D eigenvalue weighted by Crippen LogP contribution is -1.80. The van der Waals surface area contributed by atoms with Crippen molar-refractivity contribution in [1.29, 1.82) is 0 Å². The Bertz CT molecular complexity index is 393. The van der Waals surface area contributed by atoms with Crippen molar-refractivity contribution in [2.75, 3.05) is 0 Å². The van der Waals surface area contributed by atoms with Crippen molar-refractivity contribution in [3.63, 3.8) is 0 Å². The average Bonchev–Trinajstić information content (AvgIpc) is 2.27. The van der Waals surface area contributed by atoms with Gasteiger partial charge in [-0.05, 0) is 30.7 Å². The van der Waals surface area contributed by atoms with Crippen LogP contribution < -0.4 is 0 Å². The third-order valence-corrected chi connectivity index (χ3v) is 1.64. The van der Waals surface area contributed by atoms with Crippen LogP contribution in [0.1, 0.15) is 5.69 Å². The number of hydrogen-bond acceptors (Lipinski definition) is 2. The van der Waals surface area contributed by atoms with Gasteiger partial charge in [-0.3, -0.25) is 0 Å². The number of halogens is 1. The van der Waals surface area contributed by atoms with Crippen molar-refractivity contribution in [1.82, 2.24) is 15.0 Å². The van der Waals surface area contributed by atoms with Crippen molar-refractivity contribution in [3.8, 4) is 0 Å². The molecule has 11 heavy (non-hydrogen) atoms. The van der Waals surface area contributed by atoms with Gasteiger partial charge in [-0.15, -0.1) is 0 Å². The standard InChI is InChI=1S/C7H6ClN3/c1-4-2-3-5-6(9-4)11-7(8)10-5/h2-3H,1H3,(H,9,10,11). The molecule has 0 saturated heterocycles. The fourth-order valence-corrected chi connectivity index (χ4v) is 1.14. The minimum absolute atomic E-state index is 0.387. The molecular weight excluding hydrogens is 162 g/mol. The van der Waals surface area contributed by atoms with E-state index in [0.29, 0.717) is 10.9 Å². The molecule has 0 amide bonds. The molecular formula is C7H6ClN3. The summed E-state index contributed by atoms with van der Waals surface area (Å²) in [5.74, 6) is 0. The molecule has 0 radical (unpaired) electrons. The topological polar surface area (TPSA) is 41.6 Å². The Morgan fingerprint density at radius 2 is 2.18 bits per heavy atom. The van der Waals surface area contributed by atoms with E-state index in [1.165, 1.54) is 0 Å². The number of rotatable bonds is 0. The quantitative estimate of drug-likeness (QED) is 0.652. The minimum Gasteiger partial charge on any atom is -0.327 e. The summed E-state index contributed by atoms with van der Waals surface area (Å²) >= 11 is 5.63. The van der Waals surface area contributed by atoms with Crippen LogP contribution in [0.2, 0.25) is 5.28 Å². The molecule has 2 aromatic rings. The molecule has 3 nitrogen and oxygen atoms in total. The first kappa shape index (κ1) is 6.61. The van der Waals surface area contributed by atoms with Crippen molar-refractivity contribution >= 4 is 22.8 Å². The maximum Gasteiger partial charge on any atom is 0.202 e. The van der Waals surface area contributed by atoms with E-state index in [2.05, 4.69) is 15.0 Å². The van der Waals surface area contributed by atoms with Crippen LogP contribution in [0, 0.1) is 6.92 Å². The average molecular weight is 168 g/mol. The zero-order valence-corrected chi connectivity index (χ0v) is 6.68. The van der Waals surface area contributed by atoms with Gasteiger partial charge in [0, 0.05) is 5.69 Å². The molecule has 0 spiro atoms. The molecule has 0 aromatic carbocycles. The van der Waals surface area contributed by atoms with E-state index < -0.39 is 0 Å². The number of fused-ring (bicyclic) bond motifs is 1. The molecule has 2 rings (SSSR count). The minimum atomic E-state index is 0.387. The summed E-state index contributed by atoms with van der Waals surface area (Å²) in [4.78, 5) is 11.0. The van der Waals surface area contributed by atoms with Crippen molar-refractivity contribution in [2.45, 2.75) is 6.92 Å². The van der Waals surface area contributed by atoms with Gasteiger partial charge in [0.25, 0.3) is 0 Å². The molecule has 0 aliphatic carbocycles. The molecule has 56 valence electrons. The van der Waals surface area contributed by atoms with E-state index >= 15 is 0 Å². The number of imidazole rings is 1.